The van der Waals surface area contributed by atoms with E-state index < -0.39 is 0 Å². The molecule has 15 heavy (non-hydrogen) atoms. The lowest BCUT2D eigenvalue weighted by Gasteiger charge is -2.56. The molecule has 1 fully saturated rings. The van der Waals surface area contributed by atoms with Gasteiger partial charge in [-0.2, -0.15) is 0 Å². The molecule has 0 heterocycles. The second-order valence-corrected chi connectivity index (χ2v) is 5.57. The van der Waals surface area contributed by atoms with E-state index in [1.165, 1.54) is 18.4 Å². The van der Waals surface area contributed by atoms with E-state index in [2.05, 4.69) is 50.3 Å². The van der Waals surface area contributed by atoms with E-state index in [-0.39, 0.29) is 0 Å². The summed E-state index contributed by atoms with van der Waals surface area (Å²) in [6.07, 6.45) is 5.17. The van der Waals surface area contributed by atoms with Gasteiger partial charge in [0.2, 0.25) is 0 Å². The lowest BCUT2D eigenvalue weighted by atomic mass is 9.48. The maximum Gasteiger partial charge on any atom is -0.0102 e. The quantitative estimate of drug-likeness (QED) is 0.636. The molecule has 3 aliphatic carbocycles. The van der Waals surface area contributed by atoms with Crippen LogP contribution in [0.15, 0.2) is 36.4 Å². The Bertz CT molecular complexity index is 397. The van der Waals surface area contributed by atoms with Crippen molar-refractivity contribution in [3.8, 4) is 0 Å². The summed E-state index contributed by atoms with van der Waals surface area (Å²) in [6, 6.07) is 10.9. The Morgan fingerprint density at radius 3 is 2.47 bits per heavy atom. The monoisotopic (exact) mass is 198 g/mol. The topological polar surface area (TPSA) is 0 Å². The van der Waals surface area contributed by atoms with Gasteiger partial charge in [0.05, 0.1) is 0 Å². The first-order valence-electron chi connectivity index (χ1n) is 5.95. The van der Waals surface area contributed by atoms with Crippen LogP contribution in [0.3, 0.4) is 0 Å². The van der Waals surface area contributed by atoms with Crippen LogP contribution in [0, 0.1) is 17.3 Å². The number of rotatable bonds is 1. The van der Waals surface area contributed by atoms with Crippen LogP contribution < -0.4 is 0 Å². The summed E-state index contributed by atoms with van der Waals surface area (Å²) in [5.41, 5.74) is 3.58. The van der Waals surface area contributed by atoms with Gasteiger partial charge in [-0.05, 0) is 41.2 Å². The highest BCUT2D eigenvalue weighted by atomic mass is 14.5. The summed E-state index contributed by atoms with van der Waals surface area (Å²) in [4.78, 5) is 0. The van der Waals surface area contributed by atoms with Crippen molar-refractivity contribution in [3.63, 3.8) is 0 Å². The molecule has 3 aliphatic rings. The number of hydrogen-bond donors (Lipinski definition) is 0. The molecule has 0 aromatic heterocycles. The van der Waals surface area contributed by atoms with E-state index >= 15 is 0 Å². The van der Waals surface area contributed by atoms with E-state index in [1.807, 2.05) is 0 Å². The fraction of sp³-hybridized carbons (Fsp3) is 0.467. The van der Waals surface area contributed by atoms with Crippen LogP contribution in [0.4, 0.5) is 0 Å². The molecular weight excluding hydrogens is 180 g/mol. The van der Waals surface area contributed by atoms with Crippen LogP contribution in [-0.4, -0.2) is 0 Å². The van der Waals surface area contributed by atoms with Gasteiger partial charge in [0.15, 0.2) is 0 Å². The first-order chi connectivity index (χ1) is 7.19. The minimum atomic E-state index is 0.542. The molecule has 0 heteroatoms. The van der Waals surface area contributed by atoms with Crippen LogP contribution >= 0.6 is 0 Å². The van der Waals surface area contributed by atoms with Gasteiger partial charge >= 0.3 is 0 Å². The highest BCUT2D eigenvalue weighted by Gasteiger charge is 2.51. The van der Waals surface area contributed by atoms with Gasteiger partial charge in [0.1, 0.15) is 0 Å². The van der Waals surface area contributed by atoms with E-state index in [0.717, 1.165) is 11.8 Å². The molecule has 0 N–H and O–H groups in total. The predicted molar refractivity (Wildman–Crippen MR) is 64.4 cm³/mol. The van der Waals surface area contributed by atoms with Crippen LogP contribution in [0.5, 0.6) is 0 Å². The van der Waals surface area contributed by atoms with Crippen molar-refractivity contribution in [2.75, 3.05) is 0 Å². The molecule has 2 bridgehead atoms. The highest BCUT2D eigenvalue weighted by Crippen LogP contribution is 2.61. The van der Waals surface area contributed by atoms with Gasteiger partial charge in [0.25, 0.3) is 0 Å². The van der Waals surface area contributed by atoms with Crippen molar-refractivity contribution in [1.29, 1.82) is 0 Å². The van der Waals surface area contributed by atoms with Gasteiger partial charge in [-0.15, -0.1) is 0 Å². The standard InChI is InChI=1S/C15H18/c1-15(2)12-8-9-13(14(15)10-12)11-6-4-3-5-7-11/h3-7,9,12,14H,8,10H2,1-2H3/t12-,14-/m0/s1. The Labute approximate surface area is 92.0 Å². The Morgan fingerprint density at radius 2 is 1.87 bits per heavy atom. The van der Waals surface area contributed by atoms with Crippen LogP contribution in [-0.2, 0) is 0 Å². The Morgan fingerprint density at radius 1 is 1.13 bits per heavy atom. The smallest absolute Gasteiger partial charge is 0.0102 e. The predicted octanol–water partition coefficient (Wildman–Crippen LogP) is 4.14. The molecule has 4 rings (SSSR count). The molecule has 1 aromatic carbocycles. The minimum absolute atomic E-state index is 0.542. The summed E-state index contributed by atoms with van der Waals surface area (Å²) < 4.78 is 0. The molecule has 0 saturated heterocycles. The lowest BCUT2D eigenvalue weighted by Crippen LogP contribution is -2.47. The molecule has 2 atom stereocenters. The fourth-order valence-electron chi connectivity index (χ4n) is 3.30. The largest absolute Gasteiger partial charge is 0.0801 e. The third-order valence-electron chi connectivity index (χ3n) is 4.58. The number of fused-ring (bicyclic) bond motifs is 1. The van der Waals surface area contributed by atoms with Crippen LogP contribution in [0.2, 0.25) is 0 Å². The van der Waals surface area contributed by atoms with Gasteiger partial charge in [0, 0.05) is 0 Å². The maximum atomic E-state index is 2.47. The van der Waals surface area contributed by atoms with Gasteiger partial charge in [-0.3, -0.25) is 0 Å². The van der Waals surface area contributed by atoms with Crippen molar-refractivity contribution in [2.45, 2.75) is 26.7 Å². The molecule has 0 nitrogen and oxygen atoms in total. The van der Waals surface area contributed by atoms with E-state index in [9.17, 15) is 0 Å². The SMILES string of the molecule is CC1(C)[C@H]2CC=C(c3ccccc3)[C@@H]1C2. The lowest BCUT2D eigenvalue weighted by molar-refractivity contribution is 0.0113. The number of allylic oxidation sites excluding steroid dienone is 2. The van der Waals surface area contributed by atoms with Crippen molar-refractivity contribution < 1.29 is 0 Å². The molecule has 0 unspecified atom stereocenters. The summed E-state index contributed by atoms with van der Waals surface area (Å²) >= 11 is 0. The van der Waals surface area contributed by atoms with Gasteiger partial charge in [-0.1, -0.05) is 50.3 Å². The second-order valence-electron chi connectivity index (χ2n) is 5.57. The molecule has 0 amide bonds. The third-order valence-corrected chi connectivity index (χ3v) is 4.58. The average molecular weight is 198 g/mol. The second kappa shape index (κ2) is 2.98. The van der Waals surface area contributed by atoms with Crippen molar-refractivity contribution >= 4 is 5.57 Å². The summed E-state index contributed by atoms with van der Waals surface area (Å²) in [5, 5.41) is 0. The molecule has 0 spiro atoms. The zero-order valence-electron chi connectivity index (χ0n) is 9.53. The van der Waals surface area contributed by atoms with Crippen molar-refractivity contribution in [1.82, 2.24) is 0 Å². The zero-order chi connectivity index (χ0) is 10.5. The highest BCUT2D eigenvalue weighted by molar-refractivity contribution is 5.70. The van der Waals surface area contributed by atoms with Gasteiger partial charge in [-0.25, -0.2) is 0 Å². The molecular formula is C15H18. The zero-order valence-corrected chi connectivity index (χ0v) is 9.53. The molecule has 0 aliphatic heterocycles. The van der Waals surface area contributed by atoms with Crippen molar-refractivity contribution in [2.24, 2.45) is 17.3 Å². The molecule has 0 radical (unpaired) electrons. The Kier molecular flexibility index (Phi) is 1.83. The van der Waals surface area contributed by atoms with Crippen molar-refractivity contribution in [3.05, 3.63) is 42.0 Å². The Hall–Kier alpha value is -1.04. The van der Waals surface area contributed by atoms with Crippen LogP contribution in [0.25, 0.3) is 5.57 Å². The first kappa shape index (κ1) is 9.21. The molecule has 1 aromatic rings. The third kappa shape index (κ3) is 1.20. The maximum absolute atomic E-state index is 2.47. The summed E-state index contributed by atoms with van der Waals surface area (Å²) in [7, 11) is 0. The van der Waals surface area contributed by atoms with E-state index in [1.54, 1.807) is 5.57 Å². The minimum Gasteiger partial charge on any atom is -0.0801 e. The number of hydrogen-bond acceptors (Lipinski definition) is 0. The first-order valence-corrected chi connectivity index (χ1v) is 5.95. The fourth-order valence-corrected chi connectivity index (χ4v) is 3.30. The average Bonchev–Trinajstić information content (AvgIpc) is 2.30. The number of benzene rings is 1. The molecule has 1 saturated carbocycles. The normalized spacial score (nSPS) is 31.7. The Balaban J connectivity index is 1.99. The summed E-state index contributed by atoms with van der Waals surface area (Å²) in [6.45, 7) is 4.86. The van der Waals surface area contributed by atoms with E-state index in [4.69, 9.17) is 0 Å². The van der Waals surface area contributed by atoms with Gasteiger partial charge < -0.3 is 0 Å². The molecule has 78 valence electrons. The summed E-state index contributed by atoms with van der Waals surface area (Å²) in [5.74, 6) is 1.74. The van der Waals surface area contributed by atoms with E-state index in [0.29, 0.717) is 5.41 Å². The van der Waals surface area contributed by atoms with Crippen LogP contribution in [0.1, 0.15) is 32.3 Å².